The number of methoxy groups -OCH3 is 1. The van der Waals surface area contributed by atoms with Crippen molar-refractivity contribution in [3.63, 3.8) is 0 Å². The molecule has 0 fully saturated rings. The maximum atomic E-state index is 13.2. The van der Waals surface area contributed by atoms with E-state index in [-0.39, 0.29) is 23.7 Å². The number of aromatic nitrogens is 1. The maximum absolute atomic E-state index is 13.2. The minimum atomic E-state index is -0.544. The number of aromatic amines is 1. The molecule has 28 heavy (non-hydrogen) atoms. The van der Waals surface area contributed by atoms with E-state index in [0.717, 1.165) is 30.5 Å². The number of ketones is 1. The van der Waals surface area contributed by atoms with Gasteiger partial charge in [-0.25, -0.2) is 4.79 Å². The number of anilines is 1. The summed E-state index contributed by atoms with van der Waals surface area (Å²) in [5, 5.41) is 0. The number of H-pyrrole nitrogens is 1. The van der Waals surface area contributed by atoms with E-state index >= 15 is 0 Å². The highest BCUT2D eigenvalue weighted by Gasteiger charge is 2.29. The largest absolute Gasteiger partial charge is 0.465 e. The molecule has 1 N–H and O–H groups in total. The minimum absolute atomic E-state index is 0.00996. The van der Waals surface area contributed by atoms with Gasteiger partial charge in [0.25, 0.3) is 0 Å². The van der Waals surface area contributed by atoms with Crippen LogP contribution >= 0.6 is 0 Å². The van der Waals surface area contributed by atoms with Crippen LogP contribution in [0.3, 0.4) is 0 Å². The molecule has 148 valence electrons. The zero-order chi connectivity index (χ0) is 20.4. The zero-order valence-corrected chi connectivity index (χ0v) is 16.8. The number of ether oxygens (including phenoxy) is 1. The van der Waals surface area contributed by atoms with Gasteiger partial charge in [-0.05, 0) is 42.9 Å². The number of amides is 1. The summed E-state index contributed by atoms with van der Waals surface area (Å²) in [6.07, 6.45) is 2.71. The molecule has 0 bridgehead atoms. The predicted molar refractivity (Wildman–Crippen MR) is 107 cm³/mol. The minimum Gasteiger partial charge on any atom is -0.465 e. The van der Waals surface area contributed by atoms with Crippen LogP contribution in [-0.2, 0) is 28.8 Å². The van der Waals surface area contributed by atoms with Crippen LogP contribution in [0.15, 0.2) is 18.2 Å². The Labute approximate surface area is 164 Å². The first-order valence-corrected chi connectivity index (χ1v) is 9.60. The molecular weight excluding hydrogens is 356 g/mol. The van der Waals surface area contributed by atoms with Crippen LogP contribution in [0.25, 0.3) is 0 Å². The second kappa shape index (κ2) is 8.00. The van der Waals surface area contributed by atoms with Crippen molar-refractivity contribution < 1.29 is 19.1 Å². The molecule has 0 saturated heterocycles. The summed E-state index contributed by atoms with van der Waals surface area (Å²) in [5.41, 5.74) is 4.90. The first-order chi connectivity index (χ1) is 13.4. The van der Waals surface area contributed by atoms with Crippen LogP contribution in [0.4, 0.5) is 5.69 Å². The van der Waals surface area contributed by atoms with E-state index in [1.165, 1.54) is 19.6 Å². The van der Waals surface area contributed by atoms with Gasteiger partial charge in [0, 0.05) is 24.8 Å². The lowest BCUT2D eigenvalue weighted by Crippen LogP contribution is -2.37. The quantitative estimate of drug-likeness (QED) is 0.635. The van der Waals surface area contributed by atoms with Gasteiger partial charge in [-0.15, -0.1) is 0 Å². The molecule has 0 spiro atoms. The van der Waals surface area contributed by atoms with Gasteiger partial charge in [0.2, 0.25) is 5.91 Å². The Morgan fingerprint density at radius 1 is 1.25 bits per heavy atom. The molecule has 3 rings (SSSR count). The molecular formula is C22H26N2O4. The fourth-order valence-corrected chi connectivity index (χ4v) is 4.04. The van der Waals surface area contributed by atoms with E-state index in [1.807, 2.05) is 11.0 Å². The molecule has 0 saturated carbocycles. The van der Waals surface area contributed by atoms with E-state index < -0.39 is 5.97 Å². The molecule has 0 unspecified atom stereocenters. The van der Waals surface area contributed by atoms with Gasteiger partial charge in [-0.3, -0.25) is 9.59 Å². The number of fused-ring (bicyclic) bond motifs is 1. The number of para-hydroxylation sites is 1. The summed E-state index contributed by atoms with van der Waals surface area (Å²) in [5.74, 6) is -0.821. The normalized spacial score (nSPS) is 13.2. The van der Waals surface area contributed by atoms with Gasteiger partial charge in [0.15, 0.2) is 5.78 Å². The van der Waals surface area contributed by atoms with Crippen molar-refractivity contribution in [2.24, 2.45) is 0 Å². The van der Waals surface area contributed by atoms with Gasteiger partial charge in [0.1, 0.15) is 0 Å². The second-order valence-electron chi connectivity index (χ2n) is 7.13. The number of benzene rings is 1. The number of esters is 1. The van der Waals surface area contributed by atoms with Crippen molar-refractivity contribution in [1.29, 1.82) is 0 Å². The molecule has 2 heterocycles. The Morgan fingerprint density at radius 3 is 2.64 bits per heavy atom. The molecule has 1 aromatic heterocycles. The van der Waals surface area contributed by atoms with Crippen LogP contribution in [-0.4, -0.2) is 36.3 Å². The number of Topliss-reactive ketones (excluding diaryl/α,β-unsaturated/α-hetero) is 1. The van der Waals surface area contributed by atoms with Crippen molar-refractivity contribution in [2.45, 2.75) is 46.5 Å². The van der Waals surface area contributed by atoms with Crippen LogP contribution in [0.1, 0.15) is 63.5 Å². The summed E-state index contributed by atoms with van der Waals surface area (Å²) in [7, 11) is 1.29. The average Bonchev–Trinajstić information content (AvgIpc) is 3.02. The topological polar surface area (TPSA) is 79.5 Å². The summed E-state index contributed by atoms with van der Waals surface area (Å²) in [6.45, 7) is 5.85. The van der Waals surface area contributed by atoms with Crippen molar-refractivity contribution in [1.82, 2.24) is 4.98 Å². The Kier molecular flexibility index (Phi) is 5.68. The molecule has 6 nitrogen and oxygen atoms in total. The van der Waals surface area contributed by atoms with Crippen LogP contribution in [0, 0.1) is 6.92 Å². The number of nitrogens with zero attached hydrogens (tertiary/aromatic N) is 1. The van der Waals surface area contributed by atoms with Crippen molar-refractivity contribution in [3.05, 3.63) is 51.8 Å². The SMILES string of the molecule is CCc1cccc2c1N(C(=O)Cc1[nH]c(C(C)=O)c(C)c1C(=O)OC)CCC2. The lowest BCUT2D eigenvalue weighted by atomic mass is 9.96. The molecule has 0 radical (unpaired) electrons. The van der Waals surface area contributed by atoms with Crippen LogP contribution in [0.5, 0.6) is 0 Å². The van der Waals surface area contributed by atoms with E-state index in [1.54, 1.807) is 6.92 Å². The highest BCUT2D eigenvalue weighted by Crippen LogP contribution is 2.32. The standard InChI is InChI=1S/C22H26N2O4/c1-5-15-8-6-9-16-10-7-11-24(21(15)16)18(26)12-17-19(22(27)28-4)13(2)20(23-17)14(3)25/h6,8-9,23H,5,7,10-12H2,1-4H3. The van der Waals surface area contributed by atoms with Crippen LogP contribution < -0.4 is 4.90 Å². The smallest absolute Gasteiger partial charge is 0.339 e. The Morgan fingerprint density at radius 2 is 2.00 bits per heavy atom. The van der Waals surface area contributed by atoms with Gasteiger partial charge in [-0.1, -0.05) is 25.1 Å². The summed E-state index contributed by atoms with van der Waals surface area (Å²) in [4.78, 5) is 42.2. The molecule has 6 heteroatoms. The molecule has 0 atom stereocenters. The highest BCUT2D eigenvalue weighted by atomic mass is 16.5. The van der Waals surface area contributed by atoms with Gasteiger partial charge >= 0.3 is 5.97 Å². The van der Waals surface area contributed by atoms with E-state index in [9.17, 15) is 14.4 Å². The predicted octanol–water partition coefficient (Wildman–Crippen LogP) is 3.40. The van der Waals surface area contributed by atoms with E-state index in [2.05, 4.69) is 24.0 Å². The number of rotatable bonds is 5. The summed E-state index contributed by atoms with van der Waals surface area (Å²) >= 11 is 0. The monoisotopic (exact) mass is 382 g/mol. The maximum Gasteiger partial charge on any atom is 0.339 e. The second-order valence-corrected chi connectivity index (χ2v) is 7.13. The first kappa shape index (κ1) is 19.9. The lowest BCUT2D eigenvalue weighted by molar-refractivity contribution is -0.118. The van der Waals surface area contributed by atoms with E-state index in [4.69, 9.17) is 4.74 Å². The van der Waals surface area contributed by atoms with Gasteiger partial charge in [-0.2, -0.15) is 0 Å². The number of carbonyl (C=O) groups excluding carboxylic acids is 3. The Bertz CT molecular complexity index is 928. The third-order valence-corrected chi connectivity index (χ3v) is 5.38. The molecule has 1 amide bonds. The first-order valence-electron chi connectivity index (χ1n) is 9.60. The number of nitrogens with one attached hydrogen (secondary N) is 1. The average molecular weight is 382 g/mol. The lowest BCUT2D eigenvalue weighted by Gasteiger charge is -2.31. The summed E-state index contributed by atoms with van der Waals surface area (Å²) < 4.78 is 4.88. The molecule has 2 aromatic rings. The summed E-state index contributed by atoms with van der Waals surface area (Å²) in [6, 6.07) is 6.16. The number of hydrogen-bond donors (Lipinski definition) is 1. The van der Waals surface area contributed by atoms with Crippen molar-refractivity contribution in [2.75, 3.05) is 18.6 Å². The molecule has 1 aliphatic rings. The number of aryl methyl sites for hydroxylation is 2. The fourth-order valence-electron chi connectivity index (χ4n) is 4.04. The van der Waals surface area contributed by atoms with Crippen LogP contribution in [0.2, 0.25) is 0 Å². The Hall–Kier alpha value is -2.89. The fraction of sp³-hybridized carbons (Fsp3) is 0.409. The Balaban J connectivity index is 1.98. The van der Waals surface area contributed by atoms with Gasteiger partial charge < -0.3 is 14.6 Å². The zero-order valence-electron chi connectivity index (χ0n) is 16.8. The van der Waals surface area contributed by atoms with Crippen molar-refractivity contribution in [3.8, 4) is 0 Å². The highest BCUT2D eigenvalue weighted by molar-refractivity contribution is 6.03. The molecule has 1 aromatic carbocycles. The molecule has 0 aliphatic carbocycles. The number of carbonyl (C=O) groups is 3. The molecule has 1 aliphatic heterocycles. The third kappa shape index (κ3) is 3.46. The van der Waals surface area contributed by atoms with E-state index in [0.29, 0.717) is 23.5 Å². The van der Waals surface area contributed by atoms with Gasteiger partial charge in [0.05, 0.1) is 24.8 Å². The number of hydrogen-bond acceptors (Lipinski definition) is 4. The van der Waals surface area contributed by atoms with Crippen molar-refractivity contribution >= 4 is 23.3 Å². The third-order valence-electron chi connectivity index (χ3n) is 5.38.